The summed E-state index contributed by atoms with van der Waals surface area (Å²) >= 11 is 0. The van der Waals surface area contributed by atoms with Crippen LogP contribution in [0.4, 0.5) is 0 Å². The number of aliphatic imine (C=N–C) groups is 1. The van der Waals surface area contributed by atoms with Crippen molar-refractivity contribution in [2.24, 2.45) is 4.99 Å². The van der Waals surface area contributed by atoms with E-state index in [9.17, 15) is 9.59 Å². The van der Waals surface area contributed by atoms with E-state index in [1.807, 2.05) is 54.6 Å². The van der Waals surface area contributed by atoms with Crippen LogP contribution < -0.4 is 0 Å². The fourth-order valence-corrected chi connectivity index (χ4v) is 3.34. The van der Waals surface area contributed by atoms with Gasteiger partial charge in [0.1, 0.15) is 5.54 Å². The molecule has 0 bridgehead atoms. The van der Waals surface area contributed by atoms with E-state index >= 15 is 0 Å². The molecule has 0 saturated carbocycles. The number of ketones is 1. The number of benzene rings is 2. The van der Waals surface area contributed by atoms with Crippen molar-refractivity contribution < 1.29 is 14.3 Å². The molecule has 4 nitrogen and oxygen atoms in total. The summed E-state index contributed by atoms with van der Waals surface area (Å²) in [5.41, 5.74) is -0.129. The van der Waals surface area contributed by atoms with Gasteiger partial charge in [0.05, 0.1) is 7.11 Å². The molecule has 0 radical (unpaired) electrons. The number of methoxy groups -OCH3 is 1. The Hall–Kier alpha value is -2.75. The van der Waals surface area contributed by atoms with E-state index in [1.165, 1.54) is 7.11 Å². The molecule has 2 aromatic rings. The molecule has 0 N–H and O–H groups in total. The number of hydrogen-bond donors (Lipinski definition) is 0. The third kappa shape index (κ3) is 3.90. The van der Waals surface area contributed by atoms with E-state index in [4.69, 9.17) is 0 Å². The molecule has 1 heterocycles. The Morgan fingerprint density at radius 3 is 2.58 bits per heavy atom. The van der Waals surface area contributed by atoms with Crippen molar-refractivity contribution in [3.05, 3.63) is 60.2 Å². The van der Waals surface area contributed by atoms with Crippen molar-refractivity contribution in [3.63, 3.8) is 0 Å². The summed E-state index contributed by atoms with van der Waals surface area (Å²) in [5, 5.41) is 2.17. The predicted octanol–water partition coefficient (Wildman–Crippen LogP) is 4.53. The molecule has 0 aliphatic carbocycles. The number of unbranched alkanes of at least 4 members (excludes halogenated alkanes) is 2. The van der Waals surface area contributed by atoms with Crippen molar-refractivity contribution in [3.8, 4) is 0 Å². The van der Waals surface area contributed by atoms with Crippen LogP contribution in [-0.2, 0) is 9.53 Å². The smallest absolute Gasteiger partial charge is 0.305 e. The van der Waals surface area contributed by atoms with Crippen LogP contribution in [0.15, 0.2) is 59.6 Å². The van der Waals surface area contributed by atoms with E-state index in [0.29, 0.717) is 18.4 Å². The molecule has 1 unspecified atom stereocenters. The topological polar surface area (TPSA) is 55.7 Å². The number of rotatable bonds is 8. The van der Waals surface area contributed by atoms with Crippen molar-refractivity contribution in [1.29, 1.82) is 0 Å². The molecule has 3 rings (SSSR count). The maximum Gasteiger partial charge on any atom is 0.305 e. The minimum atomic E-state index is -0.812. The molecule has 4 heteroatoms. The molecule has 0 spiro atoms. The highest BCUT2D eigenvalue weighted by Gasteiger charge is 2.36. The Kier molecular flexibility index (Phi) is 5.61. The monoisotopic (exact) mass is 349 g/mol. The second kappa shape index (κ2) is 8.09. The first-order valence-electron chi connectivity index (χ1n) is 8.98. The van der Waals surface area contributed by atoms with E-state index < -0.39 is 5.54 Å². The van der Waals surface area contributed by atoms with Crippen LogP contribution in [0.5, 0.6) is 0 Å². The lowest BCUT2D eigenvalue weighted by atomic mass is 9.84. The number of carbonyl (C=O) groups excluding carboxylic acids is 2. The third-order valence-corrected chi connectivity index (χ3v) is 4.83. The largest absolute Gasteiger partial charge is 0.469 e. The van der Waals surface area contributed by atoms with Gasteiger partial charge in [-0.05, 0) is 41.8 Å². The van der Waals surface area contributed by atoms with Gasteiger partial charge in [-0.15, -0.1) is 0 Å². The van der Waals surface area contributed by atoms with Crippen molar-refractivity contribution in [2.45, 2.75) is 37.6 Å². The fraction of sp³-hybridized carbons (Fsp3) is 0.318. The van der Waals surface area contributed by atoms with Gasteiger partial charge in [0, 0.05) is 18.2 Å². The third-order valence-electron chi connectivity index (χ3n) is 4.83. The number of allylic oxidation sites excluding steroid dienone is 1. The van der Waals surface area contributed by atoms with Gasteiger partial charge in [-0.3, -0.25) is 14.6 Å². The molecular formula is C22H23NO3. The van der Waals surface area contributed by atoms with Crippen LogP contribution in [0.3, 0.4) is 0 Å². The van der Waals surface area contributed by atoms with Crippen LogP contribution in [0.1, 0.15) is 42.5 Å². The summed E-state index contributed by atoms with van der Waals surface area (Å²) in [4.78, 5) is 28.9. The van der Waals surface area contributed by atoms with Crippen LogP contribution >= 0.6 is 0 Å². The van der Waals surface area contributed by atoms with Gasteiger partial charge in [-0.1, -0.05) is 49.2 Å². The normalized spacial score (nSPS) is 18.3. The number of nitrogens with zero attached hydrogens (tertiary/aromatic N) is 1. The zero-order valence-electron chi connectivity index (χ0n) is 15.0. The molecule has 1 aliphatic rings. The molecule has 134 valence electrons. The number of carbonyl (C=O) groups is 2. The molecule has 0 fully saturated rings. The molecule has 1 atom stereocenters. The maximum atomic E-state index is 13.2. The van der Waals surface area contributed by atoms with E-state index in [2.05, 4.69) is 9.73 Å². The molecule has 1 aliphatic heterocycles. The average Bonchev–Trinajstić information content (AvgIpc) is 3.16. The van der Waals surface area contributed by atoms with Gasteiger partial charge in [-0.25, -0.2) is 0 Å². The summed E-state index contributed by atoms with van der Waals surface area (Å²) in [7, 11) is 1.40. The number of fused-ring (bicyclic) bond motifs is 1. The number of Topliss-reactive ketones (excluding diaryl/α,β-unsaturated/α-hetero) is 1. The second-order valence-electron chi connectivity index (χ2n) is 6.59. The number of hydrogen-bond acceptors (Lipinski definition) is 4. The Morgan fingerprint density at radius 1 is 1.04 bits per heavy atom. The summed E-state index contributed by atoms with van der Waals surface area (Å²) in [6.07, 6.45) is 8.96. The van der Waals surface area contributed by atoms with Crippen LogP contribution in [-0.4, -0.2) is 30.6 Å². The second-order valence-corrected chi connectivity index (χ2v) is 6.59. The van der Waals surface area contributed by atoms with Crippen LogP contribution in [0.2, 0.25) is 0 Å². The molecule has 0 amide bonds. The minimum absolute atomic E-state index is 0.0289. The van der Waals surface area contributed by atoms with Gasteiger partial charge < -0.3 is 4.74 Å². The van der Waals surface area contributed by atoms with Gasteiger partial charge in [-0.2, -0.15) is 0 Å². The zero-order valence-corrected chi connectivity index (χ0v) is 15.0. The molecule has 2 aromatic carbocycles. The predicted molar refractivity (Wildman–Crippen MR) is 104 cm³/mol. The first kappa shape index (κ1) is 18.1. The van der Waals surface area contributed by atoms with Crippen molar-refractivity contribution >= 4 is 28.7 Å². The lowest BCUT2D eigenvalue weighted by Gasteiger charge is -2.23. The van der Waals surface area contributed by atoms with E-state index in [-0.39, 0.29) is 11.8 Å². The van der Waals surface area contributed by atoms with E-state index in [1.54, 1.807) is 6.21 Å². The van der Waals surface area contributed by atoms with Crippen LogP contribution in [0, 0.1) is 0 Å². The van der Waals surface area contributed by atoms with Gasteiger partial charge in [0.25, 0.3) is 0 Å². The van der Waals surface area contributed by atoms with Gasteiger partial charge in [0.15, 0.2) is 5.78 Å². The first-order valence-corrected chi connectivity index (χ1v) is 8.98. The summed E-state index contributed by atoms with van der Waals surface area (Å²) in [6.45, 7) is 0. The molecular weight excluding hydrogens is 326 g/mol. The van der Waals surface area contributed by atoms with Crippen LogP contribution in [0.25, 0.3) is 10.8 Å². The quantitative estimate of drug-likeness (QED) is 0.400. The summed E-state index contributed by atoms with van der Waals surface area (Å²) < 4.78 is 4.65. The highest BCUT2D eigenvalue weighted by molar-refractivity contribution is 6.09. The lowest BCUT2D eigenvalue weighted by Crippen LogP contribution is -2.33. The SMILES string of the molecule is COC(=O)CCCCCC1(C(=O)c2ccc3ccccc3c2)C=CC=N1. The Morgan fingerprint density at radius 2 is 1.85 bits per heavy atom. The van der Waals surface area contributed by atoms with E-state index in [0.717, 1.165) is 30.0 Å². The number of esters is 1. The molecule has 0 saturated heterocycles. The molecule has 26 heavy (non-hydrogen) atoms. The maximum absolute atomic E-state index is 13.2. The highest BCUT2D eigenvalue weighted by atomic mass is 16.5. The number of ether oxygens (including phenoxy) is 1. The standard InChI is InChI=1S/C22H23NO3/c1-26-20(24)10-3-2-6-13-22(14-7-15-23-22)21(25)19-12-11-17-8-4-5-9-18(17)16-19/h4-5,7-9,11-12,14-16H,2-3,6,10,13H2,1H3. The molecule has 0 aromatic heterocycles. The lowest BCUT2D eigenvalue weighted by molar-refractivity contribution is -0.140. The van der Waals surface area contributed by atoms with Crippen molar-refractivity contribution in [1.82, 2.24) is 0 Å². The first-order chi connectivity index (χ1) is 12.6. The Labute approximate surface area is 153 Å². The van der Waals surface area contributed by atoms with Crippen molar-refractivity contribution in [2.75, 3.05) is 7.11 Å². The zero-order chi connectivity index (χ0) is 18.4. The van der Waals surface area contributed by atoms with Gasteiger partial charge in [0.2, 0.25) is 0 Å². The summed E-state index contributed by atoms with van der Waals surface area (Å²) in [6, 6.07) is 13.8. The highest BCUT2D eigenvalue weighted by Crippen LogP contribution is 2.30. The minimum Gasteiger partial charge on any atom is -0.469 e. The Bertz CT molecular complexity index is 855. The average molecular weight is 349 g/mol. The Balaban J connectivity index is 1.70. The fourth-order valence-electron chi connectivity index (χ4n) is 3.34. The van der Waals surface area contributed by atoms with Gasteiger partial charge >= 0.3 is 5.97 Å². The summed E-state index contributed by atoms with van der Waals surface area (Å²) in [5.74, 6) is -0.160.